The van der Waals surface area contributed by atoms with Crippen molar-refractivity contribution in [1.29, 1.82) is 0 Å². The molecule has 0 radical (unpaired) electrons. The first-order chi connectivity index (χ1) is 12.5. The van der Waals surface area contributed by atoms with Gasteiger partial charge in [0.1, 0.15) is 0 Å². The average Bonchev–Trinajstić information content (AvgIpc) is 3.45. The third-order valence-corrected chi connectivity index (χ3v) is 6.60. The zero-order valence-electron chi connectivity index (χ0n) is 16.0. The molecule has 1 aromatic carbocycles. The number of phenols is 2. The topological polar surface area (TPSA) is 52.9 Å². The summed E-state index contributed by atoms with van der Waals surface area (Å²) in [7, 11) is 1.71. The fraction of sp³-hybridized carbons (Fsp3) is 0.545. The lowest BCUT2D eigenvalue weighted by Gasteiger charge is -2.50. The number of ether oxygens (including phenoxy) is 1. The van der Waals surface area contributed by atoms with E-state index in [0.29, 0.717) is 6.04 Å². The van der Waals surface area contributed by atoms with Crippen LogP contribution in [0.15, 0.2) is 35.6 Å². The number of hydrogen-bond acceptors (Lipinski definition) is 4. The highest BCUT2D eigenvalue weighted by atomic mass is 16.5. The maximum Gasteiger partial charge on any atom is 0.161 e. The number of phenolic OH excluding ortho intramolecular Hbond substituents is 2. The molecule has 2 atom stereocenters. The molecule has 0 amide bonds. The van der Waals surface area contributed by atoms with E-state index < -0.39 is 0 Å². The summed E-state index contributed by atoms with van der Waals surface area (Å²) in [6.45, 7) is 6.47. The number of benzene rings is 1. The second-order valence-corrected chi connectivity index (χ2v) is 8.21. The lowest BCUT2D eigenvalue weighted by Crippen LogP contribution is -2.51. The summed E-state index contributed by atoms with van der Waals surface area (Å²) in [6.07, 6.45) is 8.62. The molecule has 1 heterocycles. The first-order valence-corrected chi connectivity index (χ1v) is 9.67. The molecule has 0 spiro atoms. The van der Waals surface area contributed by atoms with Crippen LogP contribution in [0.2, 0.25) is 0 Å². The molecule has 1 aliphatic heterocycles. The summed E-state index contributed by atoms with van der Waals surface area (Å²) in [5.41, 5.74) is 2.90. The van der Waals surface area contributed by atoms with Gasteiger partial charge < -0.3 is 14.9 Å². The Balaban J connectivity index is 1.81. The smallest absolute Gasteiger partial charge is 0.161 e. The molecule has 3 aliphatic rings. The van der Waals surface area contributed by atoms with Crippen molar-refractivity contribution < 1.29 is 14.9 Å². The van der Waals surface area contributed by atoms with Gasteiger partial charge in [0, 0.05) is 30.0 Å². The third kappa shape index (κ3) is 2.71. The highest BCUT2D eigenvalue weighted by Crippen LogP contribution is 2.54. The number of nitrogens with zero attached hydrogens (tertiary/aromatic N) is 1. The van der Waals surface area contributed by atoms with Crippen LogP contribution >= 0.6 is 0 Å². The van der Waals surface area contributed by atoms with Gasteiger partial charge in [-0.2, -0.15) is 0 Å². The monoisotopic (exact) mass is 355 g/mol. The van der Waals surface area contributed by atoms with Crippen LogP contribution in [0.5, 0.6) is 11.5 Å². The largest absolute Gasteiger partial charge is 0.504 e. The predicted octanol–water partition coefficient (Wildman–Crippen LogP) is 4.01. The van der Waals surface area contributed by atoms with Crippen LogP contribution in [0.3, 0.4) is 0 Å². The van der Waals surface area contributed by atoms with Gasteiger partial charge in [0.15, 0.2) is 11.5 Å². The molecule has 2 fully saturated rings. The lowest BCUT2D eigenvalue weighted by atomic mass is 9.61. The zero-order chi connectivity index (χ0) is 18.5. The Morgan fingerprint density at radius 2 is 2.00 bits per heavy atom. The highest BCUT2D eigenvalue weighted by Gasteiger charge is 2.48. The van der Waals surface area contributed by atoms with Crippen LogP contribution in [0.4, 0.5) is 0 Å². The molecule has 1 saturated carbocycles. The quantitative estimate of drug-likeness (QED) is 0.802. The Bertz CT molecular complexity index is 778. The van der Waals surface area contributed by atoms with Gasteiger partial charge in [0.2, 0.25) is 0 Å². The molecule has 4 rings (SSSR count). The number of allylic oxidation sites excluding steroid dienone is 3. The summed E-state index contributed by atoms with van der Waals surface area (Å²) in [5.74, 6) is 1.77. The Morgan fingerprint density at radius 3 is 2.69 bits per heavy atom. The fourth-order valence-electron chi connectivity index (χ4n) is 4.96. The number of fused-ring (bicyclic) bond motifs is 1. The Labute approximate surface area is 155 Å². The van der Waals surface area contributed by atoms with Crippen LogP contribution in [0, 0.1) is 12.8 Å². The van der Waals surface area contributed by atoms with E-state index in [9.17, 15) is 10.2 Å². The molecule has 2 unspecified atom stereocenters. The van der Waals surface area contributed by atoms with E-state index in [1.165, 1.54) is 25.0 Å². The Kier molecular flexibility index (Phi) is 4.26. The number of methoxy groups -OCH3 is 1. The second kappa shape index (κ2) is 6.34. The normalized spacial score (nSPS) is 29.0. The van der Waals surface area contributed by atoms with E-state index >= 15 is 0 Å². The lowest BCUT2D eigenvalue weighted by molar-refractivity contribution is 0.137. The van der Waals surface area contributed by atoms with Gasteiger partial charge in [-0.15, -0.1) is 0 Å². The average molecular weight is 355 g/mol. The first kappa shape index (κ1) is 17.5. The minimum Gasteiger partial charge on any atom is -0.504 e. The minimum atomic E-state index is -0.313. The first-order valence-electron chi connectivity index (χ1n) is 9.67. The molecule has 26 heavy (non-hydrogen) atoms. The van der Waals surface area contributed by atoms with Crippen LogP contribution in [0.1, 0.15) is 43.7 Å². The summed E-state index contributed by atoms with van der Waals surface area (Å²) < 4.78 is 5.59. The number of aromatic hydroxyl groups is 2. The van der Waals surface area contributed by atoms with Crippen molar-refractivity contribution in [2.45, 2.75) is 51.0 Å². The van der Waals surface area contributed by atoms with Crippen LogP contribution in [0.25, 0.3) is 0 Å². The Morgan fingerprint density at radius 1 is 1.23 bits per heavy atom. The molecule has 1 aromatic rings. The second-order valence-electron chi connectivity index (χ2n) is 8.21. The minimum absolute atomic E-state index is 0.0242. The number of hydrogen-bond donors (Lipinski definition) is 2. The molecule has 0 aromatic heterocycles. The standard InChI is InChI=1S/C22H29NO3/c1-14-4-9-19(24)21(25)20(14)22-10-11-23(13-16-5-6-16)15(2)18(22)8-7-17(12-22)26-3/h4,7-9,15-16,24-25H,5-6,10-13H2,1-3H3. The van der Waals surface area contributed by atoms with Crippen molar-refractivity contribution in [1.82, 2.24) is 4.90 Å². The van der Waals surface area contributed by atoms with Gasteiger partial charge in [-0.25, -0.2) is 0 Å². The number of aryl methyl sites for hydroxylation is 1. The zero-order valence-corrected chi connectivity index (χ0v) is 16.0. The van der Waals surface area contributed by atoms with Crippen molar-refractivity contribution >= 4 is 0 Å². The van der Waals surface area contributed by atoms with Gasteiger partial charge in [0.05, 0.1) is 12.9 Å². The van der Waals surface area contributed by atoms with Gasteiger partial charge in [-0.3, -0.25) is 4.90 Å². The van der Waals surface area contributed by atoms with Crippen molar-refractivity contribution in [3.8, 4) is 11.5 Å². The molecular formula is C22H29NO3. The molecule has 4 nitrogen and oxygen atoms in total. The summed E-state index contributed by atoms with van der Waals surface area (Å²) in [4.78, 5) is 2.59. The maximum absolute atomic E-state index is 10.8. The van der Waals surface area contributed by atoms with Crippen LogP contribution in [-0.2, 0) is 10.2 Å². The van der Waals surface area contributed by atoms with E-state index in [2.05, 4.69) is 24.0 Å². The van der Waals surface area contributed by atoms with E-state index in [1.807, 2.05) is 13.0 Å². The summed E-state index contributed by atoms with van der Waals surface area (Å²) in [6, 6.07) is 3.80. The number of piperidine rings is 1. The van der Waals surface area contributed by atoms with Crippen molar-refractivity contribution in [2.75, 3.05) is 20.2 Å². The van der Waals surface area contributed by atoms with Gasteiger partial charge in [-0.05, 0) is 68.9 Å². The highest BCUT2D eigenvalue weighted by molar-refractivity contribution is 5.58. The molecule has 140 valence electrons. The van der Waals surface area contributed by atoms with E-state index in [1.54, 1.807) is 13.2 Å². The molecular weight excluding hydrogens is 326 g/mol. The van der Waals surface area contributed by atoms with Crippen molar-refractivity contribution in [3.63, 3.8) is 0 Å². The molecule has 2 aliphatic carbocycles. The number of likely N-dealkylation sites (tertiary alicyclic amines) is 1. The molecule has 4 heteroatoms. The maximum atomic E-state index is 10.8. The van der Waals surface area contributed by atoms with E-state index in [4.69, 9.17) is 4.74 Å². The molecule has 1 saturated heterocycles. The predicted molar refractivity (Wildman–Crippen MR) is 102 cm³/mol. The fourth-order valence-corrected chi connectivity index (χ4v) is 4.96. The summed E-state index contributed by atoms with van der Waals surface area (Å²) in [5, 5.41) is 21.0. The van der Waals surface area contributed by atoms with Crippen LogP contribution in [-0.4, -0.2) is 41.4 Å². The third-order valence-electron chi connectivity index (χ3n) is 6.60. The van der Waals surface area contributed by atoms with Crippen molar-refractivity contribution in [2.24, 2.45) is 5.92 Å². The van der Waals surface area contributed by atoms with E-state index in [0.717, 1.165) is 42.2 Å². The SMILES string of the molecule is COC1=CC=C2C(C)N(CC3CC3)CCC2(c2c(C)ccc(O)c2O)C1. The van der Waals surface area contributed by atoms with Gasteiger partial charge in [0.25, 0.3) is 0 Å². The molecule has 0 bridgehead atoms. The van der Waals surface area contributed by atoms with Gasteiger partial charge in [-0.1, -0.05) is 12.1 Å². The summed E-state index contributed by atoms with van der Waals surface area (Å²) >= 11 is 0. The van der Waals surface area contributed by atoms with Gasteiger partial charge >= 0.3 is 0 Å². The van der Waals surface area contributed by atoms with E-state index in [-0.39, 0.29) is 16.9 Å². The van der Waals surface area contributed by atoms with Crippen molar-refractivity contribution in [3.05, 3.63) is 46.7 Å². The molecule has 2 N–H and O–H groups in total. The van der Waals surface area contributed by atoms with Crippen LogP contribution < -0.4 is 0 Å². The number of rotatable bonds is 4. The Hall–Kier alpha value is -1.94.